The van der Waals surface area contributed by atoms with E-state index in [2.05, 4.69) is 96.6 Å². The number of anilines is 14. The summed E-state index contributed by atoms with van der Waals surface area (Å²) in [7, 11) is 6.09. The Hall–Kier alpha value is -14.1. The number of alkyl halides is 6. The lowest BCUT2D eigenvalue weighted by Crippen LogP contribution is -2.17. The molecule has 0 saturated carbocycles. The molecule has 8 heterocycles. The van der Waals surface area contributed by atoms with Crippen molar-refractivity contribution in [2.75, 3.05) is 78.0 Å². The maximum atomic E-state index is 13.1. The maximum Gasteiger partial charge on any atom is 0.573 e. The summed E-state index contributed by atoms with van der Waals surface area (Å²) in [6, 6.07) is 53.7. The first kappa shape index (κ1) is 72.7. The second-order valence-corrected chi connectivity index (χ2v) is 23.9. The van der Waals surface area contributed by atoms with Crippen LogP contribution in [0.1, 0.15) is 11.4 Å². The van der Waals surface area contributed by atoms with Gasteiger partial charge in [-0.2, -0.15) is 51.8 Å². The average molecular weight is 1500 g/mol. The summed E-state index contributed by atoms with van der Waals surface area (Å²) < 4.78 is 109. The number of pyridine rings is 1. The normalized spacial score (nSPS) is 11.1. The van der Waals surface area contributed by atoms with Crippen molar-refractivity contribution in [1.82, 2.24) is 84.0 Å². The Morgan fingerprint density at radius 1 is 0.393 bits per heavy atom. The molecule has 0 fully saturated rings. The van der Waals surface area contributed by atoms with Crippen molar-refractivity contribution in [1.29, 1.82) is 0 Å². The van der Waals surface area contributed by atoms with Gasteiger partial charge >= 0.3 is 12.5 Å². The second-order valence-electron chi connectivity index (χ2n) is 21.9. The third-order valence-electron chi connectivity index (χ3n) is 14.4. The number of rotatable bonds is 19. The first-order valence-electron chi connectivity index (χ1n) is 31.3. The average Bonchev–Trinajstić information content (AvgIpc) is 1.65. The molecule has 107 heavy (non-hydrogen) atoms. The van der Waals surface area contributed by atoms with Crippen LogP contribution in [-0.2, 0) is 6.18 Å². The summed E-state index contributed by atoms with van der Waals surface area (Å²) >= 11 is 2.87. The molecule has 0 saturated heterocycles. The van der Waals surface area contributed by atoms with Crippen LogP contribution in [0.25, 0.3) is 42.3 Å². The lowest BCUT2D eigenvalue weighted by atomic mass is 10.2. The molecule has 7 aromatic carbocycles. The van der Waals surface area contributed by atoms with Gasteiger partial charge in [-0.25, -0.2) is 24.9 Å². The first-order valence-corrected chi connectivity index (χ1v) is 32.9. The van der Waals surface area contributed by atoms with Gasteiger partial charge in [-0.05, 0) is 91.9 Å². The molecule has 0 radical (unpaired) electrons. The van der Waals surface area contributed by atoms with E-state index in [1.807, 2.05) is 122 Å². The number of hydrogen-bond acceptors (Lipinski definition) is 29. The Morgan fingerprint density at radius 3 is 1.40 bits per heavy atom. The molecule has 0 atom stereocenters. The molecule has 0 aliphatic carbocycles. The lowest BCUT2D eigenvalue weighted by Gasteiger charge is -2.12. The van der Waals surface area contributed by atoms with Crippen molar-refractivity contribution in [3.8, 4) is 50.6 Å². The minimum Gasteiger partial charge on any atom is -0.497 e. The fraction of sp³-hybridized carbons (Fsp3) is 0.103. The van der Waals surface area contributed by atoms with Crippen molar-refractivity contribution in [3.63, 3.8) is 0 Å². The number of aromatic nitrogens is 17. The Bertz CT molecular complexity index is 5460. The zero-order valence-corrected chi connectivity index (χ0v) is 58.1. The number of nitrogens with zero attached hydrogens (tertiary/aromatic N) is 17. The molecular weight excluding hydrogens is 1440 g/mol. The predicted molar refractivity (Wildman–Crippen MR) is 394 cm³/mol. The van der Waals surface area contributed by atoms with E-state index in [1.165, 1.54) is 72.8 Å². The van der Waals surface area contributed by atoms with E-state index in [4.69, 9.17) is 41.9 Å². The van der Waals surface area contributed by atoms with Gasteiger partial charge in [0.05, 0.1) is 60.1 Å². The van der Waals surface area contributed by atoms with Gasteiger partial charge in [0.2, 0.25) is 57.8 Å². The Balaban J connectivity index is 0.000000134. The molecule has 31 nitrogen and oxygen atoms in total. The fourth-order valence-corrected chi connectivity index (χ4v) is 11.6. The number of fused-ring (bicyclic) bond motifs is 2. The Kier molecular flexibility index (Phi) is 21.8. The van der Waals surface area contributed by atoms with Gasteiger partial charge in [-0.15, -0.1) is 33.6 Å². The monoisotopic (exact) mass is 1500 g/mol. The molecule has 546 valence electrons. The minimum atomic E-state index is -4.81. The molecule has 13 N–H and O–H groups in total. The van der Waals surface area contributed by atoms with Crippen molar-refractivity contribution < 1.29 is 50.0 Å². The van der Waals surface area contributed by atoms with Crippen LogP contribution in [0.4, 0.5) is 108 Å². The van der Waals surface area contributed by atoms with Gasteiger partial charge in [0.1, 0.15) is 34.6 Å². The number of nitrogen functional groups attached to an aromatic ring is 4. The molecule has 0 bridgehead atoms. The fourth-order valence-electron chi connectivity index (χ4n) is 9.73. The van der Waals surface area contributed by atoms with E-state index in [1.54, 1.807) is 63.9 Å². The highest BCUT2D eigenvalue weighted by atomic mass is 32.1. The quantitative estimate of drug-likeness (QED) is 0.0340. The number of nitrogens with one attached hydrogen (secondary N) is 5. The summed E-state index contributed by atoms with van der Waals surface area (Å²) in [6.07, 6.45) is -7.77. The molecule has 15 aromatic rings. The number of ether oxygens (including phenoxy) is 5. The van der Waals surface area contributed by atoms with Crippen LogP contribution in [0.5, 0.6) is 28.7 Å². The van der Waals surface area contributed by atoms with E-state index in [0.29, 0.717) is 56.9 Å². The van der Waals surface area contributed by atoms with Crippen molar-refractivity contribution in [3.05, 3.63) is 206 Å². The Morgan fingerprint density at radius 2 is 0.860 bits per heavy atom. The van der Waals surface area contributed by atoms with Crippen molar-refractivity contribution >= 4 is 125 Å². The van der Waals surface area contributed by atoms with Crippen LogP contribution in [0.2, 0.25) is 0 Å². The molecular formula is C68H60F6N26O5S2. The third-order valence-corrected chi connectivity index (χ3v) is 16.5. The summed E-state index contributed by atoms with van der Waals surface area (Å²) in [5.41, 5.74) is 27.2. The van der Waals surface area contributed by atoms with Gasteiger partial charge < -0.3 is 73.2 Å². The van der Waals surface area contributed by atoms with Crippen molar-refractivity contribution in [2.24, 2.45) is 0 Å². The standard InChI is InChI=1S/C20H20N8O.C17H13F3N6OS.C17H16N6O2S.C14H11F3N6O/c1-13-22-17(24-14-7-4-3-5-8-14)12-18(23-13)28-19(21)26-20(27-28)25-15-9-6-10-16(11-15)29-2;1-27-11-7-9(17(18,19)20)6-10(8-11)22-15-24-14(21)26(25-15)16-23-12-4-2-3-5-13(12)28-16;1-24-11-7-10(8-12(9-11)25-2)19-16-21-15(18)23(22-16)17-20-13-5-3-4-6-14(13)26-17;15-14(16,17)24-10-6-2-1-5-9(10)20-13-21-12(18)23(22-13)11-7-3-4-8-19-11/h3-12H,1-2H3,(H,22,23,24)(H3,21,25,26,27);2-8H,1H3,(H3,21,22,24,25);3-9H,1-2H3,(H3,18,19,21,22);1-8H,(H3,18,20,21,22). The summed E-state index contributed by atoms with van der Waals surface area (Å²) in [5.74, 6) is 5.15. The highest BCUT2D eigenvalue weighted by molar-refractivity contribution is 7.21. The number of halogens is 6. The van der Waals surface area contributed by atoms with E-state index >= 15 is 0 Å². The number of hydrogen-bond donors (Lipinski definition) is 9. The van der Waals surface area contributed by atoms with Crippen LogP contribution in [-0.4, -0.2) is 119 Å². The van der Waals surface area contributed by atoms with Gasteiger partial charge in [0, 0.05) is 65.3 Å². The smallest absolute Gasteiger partial charge is 0.497 e. The molecule has 0 spiro atoms. The maximum absolute atomic E-state index is 13.1. The van der Waals surface area contributed by atoms with Crippen LogP contribution in [0.3, 0.4) is 0 Å². The highest BCUT2D eigenvalue weighted by Gasteiger charge is 2.33. The number of benzene rings is 7. The van der Waals surface area contributed by atoms with Crippen molar-refractivity contribution in [2.45, 2.75) is 19.5 Å². The SMILES string of the molecule is COc1cc(Nc2nc(N)n(-c3nc4ccccc4s3)n2)cc(C(F)(F)F)c1.COc1cc(Nc2nc(N)n(-c3nc4ccccc4s3)n2)cc(OC)c1.COc1cccc(Nc2nc(N)n(-c3cc(Nc4ccccc4)nc(C)n3)n2)c1.Nc1nc(Nc2ccccc2OC(F)(F)F)nn1-c1ccccn1. The van der Waals surface area contributed by atoms with Gasteiger partial charge in [0.25, 0.3) is 0 Å². The summed E-state index contributed by atoms with van der Waals surface area (Å²) in [5, 5.41) is 33.2. The van der Waals surface area contributed by atoms with E-state index < -0.39 is 23.9 Å². The van der Waals surface area contributed by atoms with Crippen LogP contribution in [0.15, 0.2) is 194 Å². The molecule has 0 aliphatic rings. The Labute approximate surface area is 609 Å². The summed E-state index contributed by atoms with van der Waals surface area (Å²) in [4.78, 5) is 38.5. The molecule has 39 heteroatoms. The number of para-hydroxylation sites is 5. The zero-order chi connectivity index (χ0) is 75.4. The largest absolute Gasteiger partial charge is 0.573 e. The zero-order valence-electron chi connectivity index (χ0n) is 56.5. The third kappa shape index (κ3) is 18.6. The molecule has 8 aromatic heterocycles. The molecule has 0 amide bonds. The number of methoxy groups -OCH3 is 4. The lowest BCUT2D eigenvalue weighted by molar-refractivity contribution is -0.274. The molecule has 15 rings (SSSR count). The van der Waals surface area contributed by atoms with E-state index in [-0.39, 0.29) is 52.8 Å². The van der Waals surface area contributed by atoms with Crippen LogP contribution < -0.4 is 73.2 Å². The first-order chi connectivity index (χ1) is 51.5. The molecule has 0 aliphatic heterocycles. The van der Waals surface area contributed by atoms with Crippen LogP contribution >= 0.6 is 22.7 Å². The predicted octanol–water partition coefficient (Wildman–Crippen LogP) is 13.8. The highest BCUT2D eigenvalue weighted by Crippen LogP contribution is 2.37. The molecule has 0 unspecified atom stereocenters. The summed E-state index contributed by atoms with van der Waals surface area (Å²) in [6.45, 7) is 1.81. The second kappa shape index (κ2) is 32.1. The minimum absolute atomic E-state index is 0.0105. The topological polar surface area (TPSA) is 398 Å². The van der Waals surface area contributed by atoms with Gasteiger partial charge in [-0.3, -0.25) is 0 Å². The van der Waals surface area contributed by atoms with E-state index in [0.717, 1.165) is 55.4 Å². The van der Waals surface area contributed by atoms with E-state index in [9.17, 15) is 26.3 Å². The number of thiazole rings is 2. The van der Waals surface area contributed by atoms with Gasteiger partial charge in [-0.1, -0.05) is 89.4 Å². The van der Waals surface area contributed by atoms with Crippen LogP contribution in [0, 0.1) is 6.92 Å². The van der Waals surface area contributed by atoms with Gasteiger partial charge in [0.15, 0.2) is 17.4 Å². The number of aryl methyl sites for hydroxylation is 1. The number of nitrogens with two attached hydrogens (primary N) is 4.